The number of hydrogen-bond acceptors (Lipinski definition) is 6. The van der Waals surface area contributed by atoms with Gasteiger partial charge in [-0.25, -0.2) is 0 Å². The summed E-state index contributed by atoms with van der Waals surface area (Å²) in [6, 6.07) is 25.2. The molecule has 0 aliphatic carbocycles. The Labute approximate surface area is 209 Å². The van der Waals surface area contributed by atoms with E-state index in [4.69, 9.17) is 9.47 Å². The minimum absolute atomic E-state index is 0.0200. The fraction of sp³-hybridized carbons (Fsp3) is 0.222. The van der Waals surface area contributed by atoms with Crippen LogP contribution in [0.1, 0.15) is 17.7 Å². The smallest absolute Gasteiger partial charge is 0.240 e. The predicted octanol–water partition coefficient (Wildman–Crippen LogP) is 5.26. The van der Waals surface area contributed by atoms with E-state index in [-0.39, 0.29) is 5.91 Å². The van der Waals surface area contributed by atoms with Crippen LogP contribution >= 0.6 is 11.8 Å². The van der Waals surface area contributed by atoms with Crippen molar-refractivity contribution in [3.63, 3.8) is 0 Å². The average molecular weight is 489 g/mol. The molecule has 0 aliphatic heterocycles. The second kappa shape index (κ2) is 11.1. The first-order chi connectivity index (χ1) is 17.0. The molecule has 1 aromatic heterocycles. The Balaban J connectivity index is 1.81. The Morgan fingerprint density at radius 3 is 2.20 bits per heavy atom. The monoisotopic (exact) mass is 488 g/mol. The summed E-state index contributed by atoms with van der Waals surface area (Å²) < 4.78 is 12.9. The number of methoxy groups -OCH3 is 1. The molecule has 0 saturated carbocycles. The molecule has 4 aromatic rings. The first-order valence-electron chi connectivity index (χ1n) is 11.3. The summed E-state index contributed by atoms with van der Waals surface area (Å²) in [5.41, 5.74) is 2.66. The molecule has 0 fully saturated rings. The Morgan fingerprint density at radius 2 is 1.60 bits per heavy atom. The van der Waals surface area contributed by atoms with Gasteiger partial charge in [0.25, 0.3) is 0 Å². The van der Waals surface area contributed by atoms with Gasteiger partial charge in [0.2, 0.25) is 5.91 Å². The van der Waals surface area contributed by atoms with E-state index < -0.39 is 5.25 Å². The molecular formula is C27H28N4O3S. The van der Waals surface area contributed by atoms with Crippen molar-refractivity contribution >= 4 is 17.7 Å². The van der Waals surface area contributed by atoms with Gasteiger partial charge in [-0.3, -0.25) is 9.36 Å². The SMILES string of the molecule is CCOc1ccc(-n2c(S[C@H](C(=O)N(C)C)c3ccccc3)nnc2-c2ccc(OC)cc2)cc1. The quantitative estimate of drug-likeness (QED) is 0.299. The zero-order valence-corrected chi connectivity index (χ0v) is 21.0. The first-order valence-corrected chi connectivity index (χ1v) is 12.2. The number of aromatic nitrogens is 3. The van der Waals surface area contributed by atoms with E-state index in [1.54, 1.807) is 26.1 Å². The summed E-state index contributed by atoms with van der Waals surface area (Å²) in [7, 11) is 5.16. The van der Waals surface area contributed by atoms with E-state index in [2.05, 4.69) is 10.2 Å². The lowest BCUT2D eigenvalue weighted by molar-refractivity contribution is -0.128. The highest BCUT2D eigenvalue weighted by Gasteiger charge is 2.27. The number of hydrogen-bond donors (Lipinski definition) is 0. The summed E-state index contributed by atoms with van der Waals surface area (Å²) in [4.78, 5) is 14.8. The number of ether oxygens (including phenoxy) is 2. The van der Waals surface area contributed by atoms with Crippen molar-refractivity contribution in [2.75, 3.05) is 27.8 Å². The molecular weight excluding hydrogens is 460 g/mol. The van der Waals surface area contributed by atoms with E-state index in [1.165, 1.54) is 11.8 Å². The van der Waals surface area contributed by atoms with E-state index in [9.17, 15) is 4.79 Å². The summed E-state index contributed by atoms with van der Waals surface area (Å²) in [5.74, 6) is 2.20. The molecule has 0 saturated heterocycles. The first kappa shape index (κ1) is 24.3. The molecule has 0 bridgehead atoms. The fourth-order valence-corrected chi connectivity index (χ4v) is 4.79. The van der Waals surface area contributed by atoms with Crippen LogP contribution in [-0.2, 0) is 4.79 Å². The maximum atomic E-state index is 13.2. The lowest BCUT2D eigenvalue weighted by Gasteiger charge is -2.20. The molecule has 35 heavy (non-hydrogen) atoms. The van der Waals surface area contributed by atoms with Crippen LogP contribution in [0, 0.1) is 0 Å². The van der Waals surface area contributed by atoms with Gasteiger partial charge in [0, 0.05) is 25.3 Å². The van der Waals surface area contributed by atoms with Crippen LogP contribution in [0.2, 0.25) is 0 Å². The lowest BCUT2D eigenvalue weighted by Crippen LogP contribution is -2.27. The highest BCUT2D eigenvalue weighted by molar-refractivity contribution is 8.00. The topological polar surface area (TPSA) is 69.5 Å². The van der Waals surface area contributed by atoms with Crippen LogP contribution in [0.4, 0.5) is 0 Å². The van der Waals surface area contributed by atoms with Crippen molar-refractivity contribution in [2.24, 2.45) is 0 Å². The minimum Gasteiger partial charge on any atom is -0.497 e. The third kappa shape index (κ3) is 5.49. The molecule has 0 radical (unpaired) electrons. The molecule has 180 valence electrons. The Morgan fingerprint density at radius 1 is 0.943 bits per heavy atom. The van der Waals surface area contributed by atoms with Crippen LogP contribution in [0.3, 0.4) is 0 Å². The van der Waals surface area contributed by atoms with Gasteiger partial charge >= 0.3 is 0 Å². The van der Waals surface area contributed by atoms with Crippen molar-refractivity contribution < 1.29 is 14.3 Å². The summed E-state index contributed by atoms with van der Waals surface area (Å²) in [6.07, 6.45) is 0. The zero-order chi connectivity index (χ0) is 24.8. The van der Waals surface area contributed by atoms with Crippen molar-refractivity contribution in [3.8, 4) is 28.6 Å². The molecule has 0 spiro atoms. The Bertz CT molecular complexity index is 1260. The lowest BCUT2D eigenvalue weighted by atomic mass is 10.1. The number of carbonyl (C=O) groups is 1. The number of likely N-dealkylation sites (N-methyl/N-ethyl adjacent to an activating group) is 1. The molecule has 0 N–H and O–H groups in total. The second-order valence-electron chi connectivity index (χ2n) is 7.94. The predicted molar refractivity (Wildman–Crippen MR) is 138 cm³/mol. The van der Waals surface area contributed by atoms with Gasteiger partial charge in [0.15, 0.2) is 11.0 Å². The van der Waals surface area contributed by atoms with Crippen molar-refractivity contribution in [1.29, 1.82) is 0 Å². The molecule has 3 aromatic carbocycles. The van der Waals surface area contributed by atoms with Gasteiger partial charge in [0.05, 0.1) is 13.7 Å². The number of nitrogens with zero attached hydrogens (tertiary/aromatic N) is 4. The van der Waals surface area contributed by atoms with Crippen LogP contribution < -0.4 is 9.47 Å². The van der Waals surface area contributed by atoms with Crippen LogP contribution in [0.25, 0.3) is 17.1 Å². The Hall–Kier alpha value is -3.78. The molecule has 8 heteroatoms. The van der Waals surface area contributed by atoms with Gasteiger partial charge in [-0.1, -0.05) is 42.1 Å². The number of rotatable bonds is 9. The molecule has 4 rings (SSSR count). The number of benzene rings is 3. The summed E-state index contributed by atoms with van der Waals surface area (Å²) in [6.45, 7) is 2.55. The molecule has 0 unspecified atom stereocenters. The number of amides is 1. The molecule has 0 aliphatic rings. The maximum Gasteiger partial charge on any atom is 0.240 e. The highest BCUT2D eigenvalue weighted by Crippen LogP contribution is 2.38. The minimum atomic E-state index is -0.472. The largest absolute Gasteiger partial charge is 0.497 e. The summed E-state index contributed by atoms with van der Waals surface area (Å²) in [5, 5.41) is 9.19. The summed E-state index contributed by atoms with van der Waals surface area (Å²) >= 11 is 1.38. The fourth-order valence-electron chi connectivity index (χ4n) is 3.59. The second-order valence-corrected chi connectivity index (χ2v) is 9.01. The van der Waals surface area contributed by atoms with Gasteiger partial charge in [-0.05, 0) is 61.0 Å². The third-order valence-corrected chi connectivity index (χ3v) is 6.56. The van der Waals surface area contributed by atoms with Crippen molar-refractivity contribution in [1.82, 2.24) is 19.7 Å². The third-order valence-electron chi connectivity index (χ3n) is 5.38. The molecule has 7 nitrogen and oxygen atoms in total. The standard InChI is InChI=1S/C27H28N4O3S/c1-5-34-23-17-13-21(14-18-23)31-25(20-11-15-22(33-4)16-12-20)28-29-27(31)35-24(26(32)30(2)3)19-9-7-6-8-10-19/h6-18,24H,5H2,1-4H3/t24-/m0/s1. The van der Waals surface area contributed by atoms with E-state index in [1.807, 2.05) is 90.4 Å². The van der Waals surface area contributed by atoms with Crippen LogP contribution in [0.5, 0.6) is 11.5 Å². The van der Waals surface area contributed by atoms with Crippen molar-refractivity contribution in [2.45, 2.75) is 17.3 Å². The molecule has 1 atom stereocenters. The van der Waals surface area contributed by atoms with Crippen LogP contribution in [-0.4, -0.2) is 53.4 Å². The van der Waals surface area contributed by atoms with Gasteiger partial charge in [0.1, 0.15) is 16.7 Å². The zero-order valence-electron chi connectivity index (χ0n) is 20.2. The Kier molecular flexibility index (Phi) is 7.72. The highest BCUT2D eigenvalue weighted by atomic mass is 32.2. The number of carbonyl (C=O) groups excluding carboxylic acids is 1. The van der Waals surface area contributed by atoms with E-state index in [0.717, 1.165) is 28.3 Å². The average Bonchev–Trinajstić information content (AvgIpc) is 3.31. The normalized spacial score (nSPS) is 11.7. The van der Waals surface area contributed by atoms with Gasteiger partial charge in [-0.2, -0.15) is 0 Å². The molecule has 1 heterocycles. The molecule has 1 amide bonds. The number of thioether (sulfide) groups is 1. The van der Waals surface area contributed by atoms with Crippen LogP contribution in [0.15, 0.2) is 84.0 Å². The van der Waals surface area contributed by atoms with E-state index >= 15 is 0 Å². The van der Waals surface area contributed by atoms with Gasteiger partial charge < -0.3 is 14.4 Å². The van der Waals surface area contributed by atoms with Crippen molar-refractivity contribution in [3.05, 3.63) is 84.4 Å². The van der Waals surface area contributed by atoms with E-state index in [0.29, 0.717) is 17.6 Å². The maximum absolute atomic E-state index is 13.2. The van der Waals surface area contributed by atoms with Gasteiger partial charge in [-0.15, -0.1) is 10.2 Å².